The molecule has 2 N–H and O–H groups in total. The molecule has 4 nitrogen and oxygen atoms in total. The molecule has 1 saturated heterocycles. The van der Waals surface area contributed by atoms with Crippen molar-refractivity contribution in [2.45, 2.75) is 18.9 Å². The van der Waals surface area contributed by atoms with Crippen LogP contribution in [0.1, 0.15) is 23.4 Å². The molecular weight excluding hydrogens is 288 g/mol. The average molecular weight is 305 g/mol. The van der Waals surface area contributed by atoms with Gasteiger partial charge >= 0.3 is 0 Å². The molecule has 0 bridgehead atoms. The van der Waals surface area contributed by atoms with E-state index >= 15 is 0 Å². The van der Waals surface area contributed by atoms with Gasteiger partial charge in [0.1, 0.15) is 5.76 Å². The van der Waals surface area contributed by atoms with Crippen LogP contribution in [0.25, 0.3) is 11.3 Å². The van der Waals surface area contributed by atoms with Crippen LogP contribution in [0.5, 0.6) is 0 Å². The van der Waals surface area contributed by atoms with Crippen LogP contribution in [0.15, 0.2) is 40.8 Å². The van der Waals surface area contributed by atoms with Gasteiger partial charge in [-0.3, -0.25) is 4.79 Å². The minimum Gasteiger partial charge on any atom is -0.451 e. The molecule has 2 aromatic rings. The zero-order valence-corrected chi connectivity index (χ0v) is 12.3. The Hall–Kier alpha value is -1.78. The summed E-state index contributed by atoms with van der Waals surface area (Å²) in [5.74, 6) is 0.873. The highest BCUT2D eigenvalue weighted by Crippen LogP contribution is 2.29. The Morgan fingerprint density at radius 2 is 1.90 bits per heavy atom. The van der Waals surface area contributed by atoms with E-state index in [1.54, 1.807) is 23.1 Å². The Bertz CT molecular complexity index is 645. The Morgan fingerprint density at radius 3 is 2.62 bits per heavy atom. The maximum atomic E-state index is 12.4. The Labute approximate surface area is 128 Å². The van der Waals surface area contributed by atoms with Crippen molar-refractivity contribution in [3.05, 3.63) is 47.2 Å². The lowest BCUT2D eigenvalue weighted by Crippen LogP contribution is -2.42. The molecule has 1 aromatic carbocycles. The van der Waals surface area contributed by atoms with Gasteiger partial charge in [-0.05, 0) is 37.1 Å². The summed E-state index contributed by atoms with van der Waals surface area (Å²) in [5, 5.41) is 0.606. The third-order valence-electron chi connectivity index (χ3n) is 3.78. The van der Waals surface area contributed by atoms with E-state index in [1.165, 1.54) is 0 Å². The summed E-state index contributed by atoms with van der Waals surface area (Å²) in [6, 6.07) is 11.1. The maximum Gasteiger partial charge on any atom is 0.289 e. The van der Waals surface area contributed by atoms with Crippen LogP contribution in [-0.2, 0) is 0 Å². The fourth-order valence-electron chi connectivity index (χ4n) is 2.52. The van der Waals surface area contributed by atoms with Crippen molar-refractivity contribution in [1.29, 1.82) is 0 Å². The summed E-state index contributed by atoms with van der Waals surface area (Å²) >= 11 is 6.14. The van der Waals surface area contributed by atoms with E-state index in [0.29, 0.717) is 29.6 Å². The molecule has 3 rings (SSSR count). The molecule has 2 heterocycles. The third-order valence-corrected chi connectivity index (χ3v) is 4.11. The molecule has 1 fully saturated rings. The van der Waals surface area contributed by atoms with Crippen molar-refractivity contribution in [2.24, 2.45) is 5.73 Å². The van der Waals surface area contributed by atoms with E-state index in [9.17, 15) is 4.79 Å². The number of likely N-dealkylation sites (tertiary alicyclic amines) is 1. The van der Waals surface area contributed by atoms with Gasteiger partial charge in [0.2, 0.25) is 0 Å². The standard InChI is InChI=1S/C16H17ClN2O2/c17-13-4-2-1-3-12(13)14-5-6-15(21-14)16(20)19-9-7-11(18)8-10-19/h1-6,11H,7-10,18H2. The van der Waals surface area contributed by atoms with E-state index in [1.807, 2.05) is 18.2 Å². The topological polar surface area (TPSA) is 59.5 Å². The van der Waals surface area contributed by atoms with Crippen molar-refractivity contribution in [1.82, 2.24) is 4.90 Å². The van der Waals surface area contributed by atoms with Gasteiger partial charge in [0.15, 0.2) is 5.76 Å². The van der Waals surface area contributed by atoms with E-state index in [4.69, 9.17) is 21.8 Å². The molecule has 0 atom stereocenters. The normalized spacial score (nSPS) is 16.2. The van der Waals surface area contributed by atoms with Crippen LogP contribution in [-0.4, -0.2) is 29.9 Å². The second-order valence-corrected chi connectivity index (χ2v) is 5.68. The molecule has 110 valence electrons. The number of nitrogens with zero attached hydrogens (tertiary/aromatic N) is 1. The summed E-state index contributed by atoms with van der Waals surface area (Å²) in [5.41, 5.74) is 6.65. The number of nitrogens with two attached hydrogens (primary N) is 1. The van der Waals surface area contributed by atoms with Gasteiger partial charge in [0.25, 0.3) is 5.91 Å². The monoisotopic (exact) mass is 304 g/mol. The lowest BCUT2D eigenvalue weighted by molar-refractivity contribution is 0.0683. The van der Waals surface area contributed by atoms with Gasteiger partial charge in [-0.1, -0.05) is 23.7 Å². The highest BCUT2D eigenvalue weighted by molar-refractivity contribution is 6.33. The Balaban J connectivity index is 1.79. The largest absolute Gasteiger partial charge is 0.451 e. The van der Waals surface area contributed by atoms with Crippen LogP contribution in [0.2, 0.25) is 5.02 Å². The first-order valence-electron chi connectivity index (χ1n) is 7.05. The van der Waals surface area contributed by atoms with E-state index in [-0.39, 0.29) is 11.9 Å². The predicted molar refractivity (Wildman–Crippen MR) is 82.3 cm³/mol. The number of piperidine rings is 1. The van der Waals surface area contributed by atoms with Crippen molar-refractivity contribution in [2.75, 3.05) is 13.1 Å². The minimum absolute atomic E-state index is 0.0831. The third kappa shape index (κ3) is 2.96. The van der Waals surface area contributed by atoms with Crippen molar-refractivity contribution in [3.8, 4) is 11.3 Å². The first-order chi connectivity index (χ1) is 10.1. The van der Waals surface area contributed by atoms with Crippen LogP contribution < -0.4 is 5.73 Å². The summed E-state index contributed by atoms with van der Waals surface area (Å²) in [7, 11) is 0. The van der Waals surface area contributed by atoms with Gasteiger partial charge in [0, 0.05) is 24.7 Å². The number of amides is 1. The quantitative estimate of drug-likeness (QED) is 0.927. The number of halogens is 1. The van der Waals surface area contributed by atoms with Crippen molar-refractivity contribution >= 4 is 17.5 Å². The molecule has 0 saturated carbocycles. The molecule has 0 radical (unpaired) electrons. The summed E-state index contributed by atoms with van der Waals surface area (Å²) in [6.07, 6.45) is 1.67. The lowest BCUT2D eigenvalue weighted by atomic mass is 10.1. The number of hydrogen-bond acceptors (Lipinski definition) is 3. The summed E-state index contributed by atoms with van der Waals surface area (Å²) in [6.45, 7) is 1.37. The number of furan rings is 1. The molecule has 0 aliphatic carbocycles. The average Bonchev–Trinajstić information content (AvgIpc) is 2.97. The predicted octanol–water partition coefficient (Wildman–Crippen LogP) is 3.16. The first-order valence-corrected chi connectivity index (χ1v) is 7.42. The second kappa shape index (κ2) is 5.92. The zero-order chi connectivity index (χ0) is 14.8. The van der Waals surface area contributed by atoms with Gasteiger partial charge in [-0.25, -0.2) is 0 Å². The van der Waals surface area contributed by atoms with Crippen molar-refractivity contribution < 1.29 is 9.21 Å². The maximum absolute atomic E-state index is 12.4. The smallest absolute Gasteiger partial charge is 0.289 e. The number of rotatable bonds is 2. The molecule has 5 heteroatoms. The Kier molecular flexibility index (Phi) is 3.99. The molecule has 1 aliphatic heterocycles. The highest BCUT2D eigenvalue weighted by Gasteiger charge is 2.24. The van der Waals surface area contributed by atoms with Gasteiger partial charge < -0.3 is 15.1 Å². The molecule has 1 aliphatic rings. The molecule has 21 heavy (non-hydrogen) atoms. The first kappa shape index (κ1) is 14.2. The van der Waals surface area contributed by atoms with Crippen LogP contribution in [0, 0.1) is 0 Å². The molecule has 0 unspecified atom stereocenters. The second-order valence-electron chi connectivity index (χ2n) is 5.27. The van der Waals surface area contributed by atoms with Gasteiger partial charge in [-0.2, -0.15) is 0 Å². The minimum atomic E-state index is -0.0831. The van der Waals surface area contributed by atoms with Crippen molar-refractivity contribution in [3.63, 3.8) is 0 Å². The van der Waals surface area contributed by atoms with Gasteiger partial charge in [0.05, 0.1) is 5.02 Å². The fourth-order valence-corrected chi connectivity index (χ4v) is 2.75. The highest BCUT2D eigenvalue weighted by atomic mass is 35.5. The van der Waals surface area contributed by atoms with Gasteiger partial charge in [-0.15, -0.1) is 0 Å². The molecule has 1 amide bonds. The molecule has 0 spiro atoms. The summed E-state index contributed by atoms with van der Waals surface area (Å²) < 4.78 is 5.69. The molecule has 1 aromatic heterocycles. The number of benzene rings is 1. The van der Waals surface area contributed by atoms with Crippen LogP contribution in [0.3, 0.4) is 0 Å². The molecular formula is C16H17ClN2O2. The van der Waals surface area contributed by atoms with E-state index in [2.05, 4.69) is 0 Å². The number of carbonyl (C=O) groups excluding carboxylic acids is 1. The number of carbonyl (C=O) groups is 1. The fraction of sp³-hybridized carbons (Fsp3) is 0.312. The SMILES string of the molecule is NC1CCN(C(=O)c2ccc(-c3ccccc3Cl)o2)CC1. The van der Waals surface area contributed by atoms with E-state index in [0.717, 1.165) is 18.4 Å². The zero-order valence-electron chi connectivity index (χ0n) is 11.6. The van der Waals surface area contributed by atoms with Crippen LogP contribution in [0.4, 0.5) is 0 Å². The lowest BCUT2D eigenvalue weighted by Gasteiger charge is -2.29. The van der Waals surface area contributed by atoms with E-state index < -0.39 is 0 Å². The number of hydrogen-bond donors (Lipinski definition) is 1. The van der Waals surface area contributed by atoms with Crippen LogP contribution >= 0.6 is 11.6 Å². The Morgan fingerprint density at radius 1 is 1.19 bits per heavy atom. The summed E-state index contributed by atoms with van der Waals surface area (Å²) in [4.78, 5) is 14.2.